The second-order valence-electron chi connectivity index (χ2n) is 6.32. The molecule has 4 rings (SSSR count). The SMILES string of the molecule is Nc1nc(NCc2ccccc2)c2ncn(C3OC(CO)C(O)C3O)c2n1. The van der Waals surface area contributed by atoms with E-state index in [2.05, 4.69) is 20.3 Å². The number of nitrogens with zero attached hydrogens (tertiary/aromatic N) is 4. The molecule has 10 heteroatoms. The molecule has 0 radical (unpaired) electrons. The van der Waals surface area contributed by atoms with Gasteiger partial charge in [0.15, 0.2) is 23.2 Å². The smallest absolute Gasteiger partial charge is 0.224 e. The number of rotatable bonds is 5. The van der Waals surface area contributed by atoms with Crippen molar-refractivity contribution in [3.05, 3.63) is 42.2 Å². The van der Waals surface area contributed by atoms with Crippen molar-refractivity contribution in [2.24, 2.45) is 0 Å². The Morgan fingerprint density at radius 3 is 2.63 bits per heavy atom. The second-order valence-corrected chi connectivity index (χ2v) is 6.32. The molecule has 0 aliphatic carbocycles. The molecular formula is C17H20N6O4. The first-order valence-electron chi connectivity index (χ1n) is 8.48. The van der Waals surface area contributed by atoms with Gasteiger partial charge in [-0.05, 0) is 5.56 Å². The molecule has 0 spiro atoms. The number of imidazole rings is 1. The summed E-state index contributed by atoms with van der Waals surface area (Å²) in [6.07, 6.45) is -2.85. The van der Waals surface area contributed by atoms with E-state index in [4.69, 9.17) is 10.5 Å². The van der Waals surface area contributed by atoms with Crippen LogP contribution < -0.4 is 11.1 Å². The number of nitrogens with one attached hydrogen (secondary N) is 1. The number of aromatic nitrogens is 4. The first-order valence-corrected chi connectivity index (χ1v) is 8.48. The van der Waals surface area contributed by atoms with Crippen molar-refractivity contribution in [3.63, 3.8) is 0 Å². The minimum atomic E-state index is -1.24. The molecule has 142 valence electrons. The van der Waals surface area contributed by atoms with E-state index in [0.29, 0.717) is 23.5 Å². The zero-order chi connectivity index (χ0) is 19.0. The molecule has 4 unspecified atom stereocenters. The summed E-state index contributed by atoms with van der Waals surface area (Å²) in [5.41, 5.74) is 7.71. The predicted molar refractivity (Wildman–Crippen MR) is 96.5 cm³/mol. The fourth-order valence-corrected chi connectivity index (χ4v) is 3.13. The second kappa shape index (κ2) is 7.08. The number of nitrogens with two attached hydrogens (primary N) is 1. The van der Waals surface area contributed by atoms with Gasteiger partial charge in [0, 0.05) is 6.54 Å². The van der Waals surface area contributed by atoms with Crippen LogP contribution >= 0.6 is 0 Å². The quantitative estimate of drug-likeness (QED) is 0.404. The van der Waals surface area contributed by atoms with Crippen LogP contribution in [0.2, 0.25) is 0 Å². The number of aliphatic hydroxyl groups excluding tert-OH is 3. The number of hydrogen-bond acceptors (Lipinski definition) is 9. The van der Waals surface area contributed by atoms with Gasteiger partial charge >= 0.3 is 0 Å². The van der Waals surface area contributed by atoms with Gasteiger partial charge in [0.05, 0.1) is 12.9 Å². The van der Waals surface area contributed by atoms with Crippen molar-refractivity contribution in [2.75, 3.05) is 17.7 Å². The maximum atomic E-state index is 10.3. The fraction of sp³-hybridized carbons (Fsp3) is 0.353. The molecular weight excluding hydrogens is 352 g/mol. The Morgan fingerprint density at radius 1 is 1.15 bits per heavy atom. The molecule has 4 atom stereocenters. The lowest BCUT2D eigenvalue weighted by atomic mass is 10.1. The molecule has 1 aromatic carbocycles. The highest BCUT2D eigenvalue weighted by molar-refractivity contribution is 5.84. The number of anilines is 2. The largest absolute Gasteiger partial charge is 0.394 e. The van der Waals surface area contributed by atoms with Gasteiger partial charge < -0.3 is 31.1 Å². The van der Waals surface area contributed by atoms with Crippen LogP contribution in [0.1, 0.15) is 11.8 Å². The van der Waals surface area contributed by atoms with E-state index in [1.54, 1.807) is 0 Å². The summed E-state index contributed by atoms with van der Waals surface area (Å²) in [6, 6.07) is 9.78. The van der Waals surface area contributed by atoms with Crippen molar-refractivity contribution in [2.45, 2.75) is 31.1 Å². The molecule has 0 amide bonds. The van der Waals surface area contributed by atoms with E-state index < -0.39 is 31.1 Å². The Labute approximate surface area is 154 Å². The lowest BCUT2D eigenvalue weighted by Crippen LogP contribution is -2.33. The van der Waals surface area contributed by atoms with Gasteiger partial charge in [-0.1, -0.05) is 30.3 Å². The predicted octanol–water partition coefficient (Wildman–Crippen LogP) is -0.368. The van der Waals surface area contributed by atoms with E-state index in [0.717, 1.165) is 5.56 Å². The minimum Gasteiger partial charge on any atom is -0.394 e. The summed E-state index contributed by atoms with van der Waals surface area (Å²) >= 11 is 0. The molecule has 0 bridgehead atoms. The zero-order valence-corrected chi connectivity index (χ0v) is 14.3. The molecule has 27 heavy (non-hydrogen) atoms. The van der Waals surface area contributed by atoms with E-state index in [-0.39, 0.29) is 5.95 Å². The molecule has 6 N–H and O–H groups in total. The van der Waals surface area contributed by atoms with E-state index in [1.165, 1.54) is 10.9 Å². The monoisotopic (exact) mass is 372 g/mol. The third-order valence-electron chi connectivity index (χ3n) is 4.53. The molecule has 2 aromatic heterocycles. The van der Waals surface area contributed by atoms with Crippen molar-refractivity contribution in [1.82, 2.24) is 19.5 Å². The van der Waals surface area contributed by atoms with Crippen molar-refractivity contribution < 1.29 is 20.1 Å². The first-order chi connectivity index (χ1) is 13.1. The number of hydrogen-bond donors (Lipinski definition) is 5. The van der Waals surface area contributed by atoms with Gasteiger partial charge in [0.25, 0.3) is 0 Å². The van der Waals surface area contributed by atoms with Gasteiger partial charge in [-0.2, -0.15) is 9.97 Å². The highest BCUT2D eigenvalue weighted by Gasteiger charge is 2.44. The minimum absolute atomic E-state index is 0.0338. The van der Waals surface area contributed by atoms with E-state index in [9.17, 15) is 15.3 Å². The average molecular weight is 372 g/mol. The van der Waals surface area contributed by atoms with Crippen LogP contribution in [0, 0.1) is 0 Å². The molecule has 10 nitrogen and oxygen atoms in total. The van der Waals surface area contributed by atoms with Gasteiger partial charge in [-0.25, -0.2) is 4.98 Å². The summed E-state index contributed by atoms with van der Waals surface area (Å²) in [4.78, 5) is 12.7. The number of nitrogen functional groups attached to an aromatic ring is 1. The number of benzene rings is 1. The molecule has 1 fully saturated rings. The highest BCUT2D eigenvalue weighted by atomic mass is 16.6. The molecule has 0 saturated carbocycles. The third-order valence-corrected chi connectivity index (χ3v) is 4.53. The Kier molecular flexibility index (Phi) is 4.62. The summed E-state index contributed by atoms with van der Waals surface area (Å²) in [5.74, 6) is 0.485. The lowest BCUT2D eigenvalue weighted by Gasteiger charge is -2.16. The molecule has 1 saturated heterocycles. The highest BCUT2D eigenvalue weighted by Crippen LogP contribution is 2.32. The molecule has 3 aromatic rings. The maximum Gasteiger partial charge on any atom is 0.224 e. The van der Waals surface area contributed by atoms with Crippen molar-refractivity contribution in [1.29, 1.82) is 0 Å². The van der Waals surface area contributed by atoms with Crippen molar-refractivity contribution >= 4 is 22.9 Å². The van der Waals surface area contributed by atoms with Gasteiger partial charge in [0.1, 0.15) is 18.3 Å². The van der Waals surface area contributed by atoms with Crippen molar-refractivity contribution in [3.8, 4) is 0 Å². The van der Waals surface area contributed by atoms with E-state index >= 15 is 0 Å². The van der Waals surface area contributed by atoms with Gasteiger partial charge in [0.2, 0.25) is 5.95 Å². The number of ether oxygens (including phenoxy) is 1. The van der Waals surface area contributed by atoms with Crippen LogP contribution in [0.25, 0.3) is 11.2 Å². The first kappa shape index (κ1) is 17.6. The molecule has 1 aliphatic rings. The van der Waals surface area contributed by atoms with Crippen LogP contribution in [0.5, 0.6) is 0 Å². The summed E-state index contributed by atoms with van der Waals surface area (Å²) in [6.45, 7) is 0.107. The fourth-order valence-electron chi connectivity index (χ4n) is 3.13. The Bertz CT molecular complexity index is 934. The standard InChI is InChI=1S/C17H20N6O4/c18-17-21-14(19-6-9-4-2-1-3-5-9)11-15(22-17)23(8-20-11)16-13(26)12(25)10(7-24)27-16/h1-5,8,10,12-13,16,24-26H,6-7H2,(H3,18,19,21,22). The topological polar surface area (TPSA) is 152 Å². The summed E-state index contributed by atoms with van der Waals surface area (Å²) in [5, 5.41) is 32.7. The number of aliphatic hydroxyl groups is 3. The Hall–Kier alpha value is -2.79. The van der Waals surface area contributed by atoms with E-state index in [1.807, 2.05) is 30.3 Å². The lowest BCUT2D eigenvalue weighted by molar-refractivity contribution is -0.0511. The van der Waals surface area contributed by atoms with Crippen LogP contribution in [0.3, 0.4) is 0 Å². The summed E-state index contributed by atoms with van der Waals surface area (Å²) in [7, 11) is 0. The van der Waals surface area contributed by atoms with Gasteiger partial charge in [-0.15, -0.1) is 0 Å². The van der Waals surface area contributed by atoms with Crippen LogP contribution in [-0.4, -0.2) is 59.8 Å². The van der Waals surface area contributed by atoms with Crippen LogP contribution in [0.4, 0.5) is 11.8 Å². The zero-order valence-electron chi connectivity index (χ0n) is 14.3. The molecule has 3 heterocycles. The summed E-state index contributed by atoms with van der Waals surface area (Å²) < 4.78 is 7.02. The van der Waals surface area contributed by atoms with Crippen LogP contribution in [0.15, 0.2) is 36.7 Å². The van der Waals surface area contributed by atoms with Crippen LogP contribution in [-0.2, 0) is 11.3 Å². The Morgan fingerprint density at radius 2 is 1.93 bits per heavy atom. The normalized spacial score (nSPS) is 25.1. The maximum absolute atomic E-state index is 10.3. The average Bonchev–Trinajstić information content (AvgIpc) is 3.22. The van der Waals surface area contributed by atoms with Gasteiger partial charge in [-0.3, -0.25) is 4.57 Å². The Balaban J connectivity index is 1.66. The molecule has 1 aliphatic heterocycles. The third kappa shape index (κ3) is 3.19. The number of fused-ring (bicyclic) bond motifs is 1.